The zero-order chi connectivity index (χ0) is 38.9. The largest absolute Gasteiger partial charge is 0.493 e. The highest BCUT2D eigenvalue weighted by atomic mass is 35.5. The Labute approximate surface area is 323 Å². The molecule has 54 heavy (non-hydrogen) atoms. The van der Waals surface area contributed by atoms with Crippen molar-refractivity contribution in [1.29, 1.82) is 0 Å². The predicted molar refractivity (Wildman–Crippen MR) is 205 cm³/mol. The molecular weight excluding hydrogens is 716 g/mol. The highest BCUT2D eigenvalue weighted by Gasteiger charge is 2.65. The lowest BCUT2D eigenvalue weighted by molar-refractivity contribution is -0.259. The van der Waals surface area contributed by atoms with Gasteiger partial charge in [0.2, 0.25) is 0 Å². The van der Waals surface area contributed by atoms with E-state index in [4.69, 9.17) is 44.8 Å². The molecule has 0 bridgehead atoms. The first-order chi connectivity index (χ1) is 25.9. The maximum absolute atomic E-state index is 14.0. The van der Waals surface area contributed by atoms with Crippen LogP contribution in [0, 0.1) is 11.3 Å². The van der Waals surface area contributed by atoms with Crippen LogP contribution in [0.15, 0.2) is 66.7 Å². The third kappa shape index (κ3) is 9.00. The maximum Gasteiger partial charge on any atom is 0.409 e. The van der Waals surface area contributed by atoms with Gasteiger partial charge in [-0.15, -0.1) is 0 Å². The number of hydrogen-bond acceptors (Lipinski definition) is 10. The highest BCUT2D eigenvalue weighted by molar-refractivity contribution is 6.32. The lowest BCUT2D eigenvalue weighted by Gasteiger charge is -2.59. The lowest BCUT2D eigenvalue weighted by atomic mass is 9.63. The van der Waals surface area contributed by atoms with Crippen LogP contribution in [0.5, 0.6) is 17.2 Å². The van der Waals surface area contributed by atoms with Gasteiger partial charge in [0.05, 0.1) is 56.8 Å². The summed E-state index contributed by atoms with van der Waals surface area (Å²) in [6, 6.07) is 20.7. The van der Waals surface area contributed by atoms with Crippen molar-refractivity contribution in [3.63, 3.8) is 0 Å². The summed E-state index contributed by atoms with van der Waals surface area (Å²) in [5.41, 5.74) is 0.147. The van der Waals surface area contributed by atoms with Crippen LogP contribution in [0.2, 0.25) is 5.02 Å². The molecule has 1 saturated heterocycles. The van der Waals surface area contributed by atoms with E-state index in [1.165, 1.54) is 19.1 Å². The van der Waals surface area contributed by atoms with Crippen molar-refractivity contribution in [2.75, 3.05) is 72.3 Å². The van der Waals surface area contributed by atoms with Crippen LogP contribution in [0.1, 0.15) is 50.7 Å². The Morgan fingerprint density at radius 3 is 2.37 bits per heavy atom. The second-order valence-corrected chi connectivity index (χ2v) is 14.9. The zero-order valence-electron chi connectivity index (χ0n) is 32.0. The molecule has 0 radical (unpaired) electrons. The molecule has 2 aliphatic rings. The normalized spacial score (nSPS) is 21.2. The van der Waals surface area contributed by atoms with Gasteiger partial charge in [-0.2, -0.15) is 0 Å². The molecule has 5 rings (SSSR count). The summed E-state index contributed by atoms with van der Waals surface area (Å²) >= 11 is 6.19. The molecule has 0 aromatic heterocycles. The number of hydrogen-bond donors (Lipinski definition) is 1. The minimum Gasteiger partial charge on any atom is -0.493 e. The van der Waals surface area contributed by atoms with Crippen LogP contribution < -0.4 is 19.1 Å². The Kier molecular flexibility index (Phi) is 14.0. The third-order valence-corrected chi connectivity index (χ3v) is 10.5. The smallest absolute Gasteiger partial charge is 0.409 e. The fourth-order valence-corrected chi connectivity index (χ4v) is 7.90. The number of methoxy groups -OCH3 is 3. The number of likely N-dealkylation sites (tertiary alicyclic amines) is 1. The number of anilines is 1. The molecule has 3 aromatic rings. The highest BCUT2D eigenvalue weighted by Crippen LogP contribution is 2.53. The molecule has 13 heteroatoms. The van der Waals surface area contributed by atoms with Crippen LogP contribution >= 0.6 is 11.6 Å². The number of fused-ring (bicyclic) bond motifs is 1. The van der Waals surface area contributed by atoms with E-state index >= 15 is 0 Å². The minimum absolute atomic E-state index is 0.0561. The average Bonchev–Trinajstić information content (AvgIpc) is 3.16. The van der Waals surface area contributed by atoms with Crippen molar-refractivity contribution in [1.82, 2.24) is 4.90 Å². The van der Waals surface area contributed by atoms with Gasteiger partial charge in [0.25, 0.3) is 0 Å². The van der Waals surface area contributed by atoms with Crippen LogP contribution in [0.3, 0.4) is 0 Å². The van der Waals surface area contributed by atoms with Gasteiger partial charge < -0.3 is 43.2 Å². The summed E-state index contributed by atoms with van der Waals surface area (Å²) in [7, 11) is 4.44. The van der Waals surface area contributed by atoms with Gasteiger partial charge in [0.1, 0.15) is 29.8 Å². The van der Waals surface area contributed by atoms with Gasteiger partial charge in [-0.25, -0.2) is 4.79 Å². The Morgan fingerprint density at radius 1 is 0.963 bits per heavy atom. The van der Waals surface area contributed by atoms with E-state index in [2.05, 4.69) is 4.90 Å². The van der Waals surface area contributed by atoms with Crippen molar-refractivity contribution < 1.29 is 47.9 Å². The van der Waals surface area contributed by atoms with E-state index in [9.17, 15) is 14.7 Å². The van der Waals surface area contributed by atoms with Crippen LogP contribution in [-0.4, -0.2) is 101 Å². The third-order valence-electron chi connectivity index (χ3n) is 10.2. The van der Waals surface area contributed by atoms with Crippen LogP contribution in [-0.2, 0) is 30.3 Å². The predicted octanol–water partition coefficient (Wildman–Crippen LogP) is 7.26. The molecule has 2 heterocycles. The summed E-state index contributed by atoms with van der Waals surface area (Å²) in [6.07, 6.45) is -0.484. The average molecular weight is 769 g/mol. The number of carboxylic acid groups (broad SMARTS) is 1. The first-order valence-electron chi connectivity index (χ1n) is 18.3. The summed E-state index contributed by atoms with van der Waals surface area (Å²) in [6.45, 7) is 9.34. The van der Waals surface area contributed by atoms with Crippen molar-refractivity contribution in [2.24, 2.45) is 11.3 Å². The number of nitrogens with zero attached hydrogens (tertiary/aromatic N) is 2. The molecule has 12 nitrogen and oxygen atoms in total. The number of carbonyl (C=O) groups is 2. The molecule has 0 saturated carbocycles. The molecular formula is C41H53ClN2O10. The minimum atomic E-state index is -1.60. The van der Waals surface area contributed by atoms with E-state index in [-0.39, 0.29) is 13.2 Å². The molecule has 0 aliphatic carbocycles. The molecule has 3 aromatic carbocycles. The quantitative estimate of drug-likeness (QED) is 0.117. The lowest BCUT2D eigenvalue weighted by Crippen LogP contribution is -2.72. The number of piperidine rings is 1. The molecule has 294 valence electrons. The van der Waals surface area contributed by atoms with Gasteiger partial charge in [0.15, 0.2) is 5.72 Å². The van der Waals surface area contributed by atoms with Gasteiger partial charge in [0, 0.05) is 45.1 Å². The number of amides is 1. The first-order valence-corrected chi connectivity index (χ1v) is 18.7. The Morgan fingerprint density at radius 2 is 1.70 bits per heavy atom. The number of carbonyl (C=O) groups excluding carboxylic acids is 1. The Balaban J connectivity index is 1.42. The number of esters is 1. The van der Waals surface area contributed by atoms with E-state index in [1.54, 1.807) is 13.2 Å². The molecule has 1 fully saturated rings. The van der Waals surface area contributed by atoms with Crippen LogP contribution in [0.4, 0.5) is 10.5 Å². The molecule has 0 spiro atoms. The number of halogens is 1. The SMILES string of the molecule is COCCCN1CCOc2ccc(CO[C@H]3CN(C(=O)O)C(OC)(C(C)(C)C)[C@@H](C(=O)OC)[C@@H]3c3ccc(OCCCOc4ccccc4Cl)cc3)cc21. The number of ether oxygens (including phenoxy) is 7. The van der Waals surface area contributed by atoms with E-state index in [0.717, 1.165) is 42.1 Å². The molecule has 2 aliphatic heterocycles. The Hall–Kier alpha value is -4.23. The van der Waals surface area contributed by atoms with E-state index in [0.29, 0.717) is 49.4 Å². The number of rotatable bonds is 16. The summed E-state index contributed by atoms with van der Waals surface area (Å²) < 4.78 is 41.3. The molecule has 1 N–H and O–H groups in total. The Bertz CT molecular complexity index is 1700. The van der Waals surface area contributed by atoms with Gasteiger partial charge in [-0.3, -0.25) is 9.69 Å². The summed E-state index contributed by atoms with van der Waals surface area (Å²) in [5.74, 6) is -0.302. The van der Waals surface area contributed by atoms with Crippen LogP contribution in [0.25, 0.3) is 0 Å². The number of para-hydroxylation sites is 1. The van der Waals surface area contributed by atoms with Crippen molar-refractivity contribution >= 4 is 29.4 Å². The van der Waals surface area contributed by atoms with Crippen molar-refractivity contribution in [3.8, 4) is 17.2 Å². The molecule has 1 unspecified atom stereocenters. The van der Waals surface area contributed by atoms with Crippen molar-refractivity contribution in [2.45, 2.75) is 58.0 Å². The standard InChI is InChI=1S/C41H53ClN2O10/c1-40(2,3)41(50-6)37(38(45)49-5)36(29-14-16-30(17-15-29)51-22-10-23-52-33-12-8-7-11-31(33)42)35(26-44(41)39(46)47)54-27-28-13-18-34-32(25-28)43(20-24-53-34)19-9-21-48-4/h7-8,11-18,25,35-37H,9-10,19-24,26-27H2,1-6H3,(H,46,47)/t35-,36+,37+,41?/m0/s1. The van der Waals surface area contributed by atoms with Gasteiger partial charge >= 0.3 is 12.1 Å². The fourth-order valence-electron chi connectivity index (χ4n) is 7.71. The van der Waals surface area contributed by atoms with Gasteiger partial charge in [-0.1, -0.05) is 62.7 Å². The van der Waals surface area contributed by atoms with E-state index < -0.39 is 41.1 Å². The topological polar surface area (TPSA) is 125 Å². The second kappa shape index (κ2) is 18.4. The number of benzene rings is 3. The first kappa shape index (κ1) is 40.9. The monoisotopic (exact) mass is 768 g/mol. The summed E-state index contributed by atoms with van der Waals surface area (Å²) in [5, 5.41) is 11.2. The van der Waals surface area contributed by atoms with E-state index in [1.807, 2.05) is 81.4 Å². The second-order valence-electron chi connectivity index (χ2n) is 14.5. The van der Waals surface area contributed by atoms with Crippen molar-refractivity contribution in [3.05, 3.63) is 82.9 Å². The molecule has 1 amide bonds. The fraction of sp³-hybridized carbons (Fsp3) is 0.512. The maximum atomic E-state index is 14.0. The summed E-state index contributed by atoms with van der Waals surface area (Å²) in [4.78, 5) is 30.6. The molecule has 4 atom stereocenters. The van der Waals surface area contributed by atoms with Gasteiger partial charge in [-0.05, 0) is 53.9 Å². The zero-order valence-corrected chi connectivity index (χ0v) is 32.8.